The number of amides is 1. The number of carbonyl (C=O) groups is 2. The van der Waals surface area contributed by atoms with E-state index in [1.54, 1.807) is 24.3 Å². The van der Waals surface area contributed by atoms with Gasteiger partial charge in [-0.15, -0.1) is 0 Å². The number of aromatic amines is 1. The Hall–Kier alpha value is -3.08. The van der Waals surface area contributed by atoms with E-state index < -0.39 is 5.97 Å². The third-order valence-electron chi connectivity index (χ3n) is 3.91. The molecule has 1 amide bonds. The first-order valence-corrected chi connectivity index (χ1v) is 7.58. The molecule has 0 spiro atoms. The van der Waals surface area contributed by atoms with Gasteiger partial charge in [0.25, 0.3) is 5.91 Å². The van der Waals surface area contributed by atoms with Gasteiger partial charge >= 0.3 is 5.97 Å². The van der Waals surface area contributed by atoms with Gasteiger partial charge in [-0.1, -0.05) is 18.2 Å². The van der Waals surface area contributed by atoms with Gasteiger partial charge in [0.1, 0.15) is 0 Å². The third-order valence-corrected chi connectivity index (χ3v) is 3.91. The molecule has 1 heterocycles. The molecule has 0 aliphatic heterocycles. The van der Waals surface area contributed by atoms with E-state index in [9.17, 15) is 9.59 Å². The van der Waals surface area contributed by atoms with E-state index in [1.165, 1.54) is 7.11 Å². The molecule has 0 aliphatic carbocycles. The highest BCUT2D eigenvalue weighted by molar-refractivity contribution is 6.14. The molecule has 0 atom stereocenters. The maximum absolute atomic E-state index is 12.7. The molecule has 0 aliphatic rings. The van der Waals surface area contributed by atoms with Crippen molar-refractivity contribution in [2.75, 3.05) is 12.4 Å². The molecule has 0 saturated carbocycles. The summed E-state index contributed by atoms with van der Waals surface area (Å²) in [5.41, 5.74) is 4.40. The second-order valence-corrected chi connectivity index (χ2v) is 5.70. The minimum Gasteiger partial charge on any atom is -0.465 e. The van der Waals surface area contributed by atoms with Gasteiger partial charge in [-0.3, -0.25) is 4.79 Å². The van der Waals surface area contributed by atoms with E-state index in [4.69, 9.17) is 4.74 Å². The predicted octanol–water partition coefficient (Wildman–Crippen LogP) is 3.82. The number of anilines is 1. The number of nitrogens with one attached hydrogen (secondary N) is 2. The normalized spacial score (nSPS) is 10.6. The second-order valence-electron chi connectivity index (χ2n) is 5.70. The minimum atomic E-state index is -0.440. The molecule has 122 valence electrons. The lowest BCUT2D eigenvalue weighted by molar-refractivity contribution is 0.0600. The van der Waals surface area contributed by atoms with Gasteiger partial charge in [-0.25, -0.2) is 4.79 Å². The smallest absolute Gasteiger partial charge is 0.337 e. The second kappa shape index (κ2) is 6.20. The van der Waals surface area contributed by atoms with Crippen LogP contribution in [0.4, 0.5) is 5.69 Å². The van der Waals surface area contributed by atoms with Crippen molar-refractivity contribution in [2.45, 2.75) is 13.8 Å². The molecule has 5 nitrogen and oxygen atoms in total. The molecule has 2 aromatic carbocycles. The van der Waals surface area contributed by atoms with Crippen molar-refractivity contribution in [2.24, 2.45) is 0 Å². The largest absolute Gasteiger partial charge is 0.465 e. The molecule has 1 aromatic heterocycles. The number of ether oxygens (including phenoxy) is 1. The van der Waals surface area contributed by atoms with Crippen molar-refractivity contribution in [3.8, 4) is 0 Å². The third kappa shape index (κ3) is 2.88. The number of methoxy groups -OCH3 is 1. The Morgan fingerprint density at radius 2 is 1.88 bits per heavy atom. The molecule has 0 radical (unpaired) electrons. The molecule has 0 unspecified atom stereocenters. The summed E-state index contributed by atoms with van der Waals surface area (Å²) in [6.45, 7) is 3.88. The van der Waals surface area contributed by atoms with Crippen molar-refractivity contribution < 1.29 is 14.3 Å². The fourth-order valence-corrected chi connectivity index (χ4v) is 2.77. The lowest BCUT2D eigenvalue weighted by atomic mass is 10.1. The Kier molecular flexibility index (Phi) is 4.08. The molecule has 2 N–H and O–H groups in total. The number of carbonyl (C=O) groups excluding carboxylic acids is 2. The van der Waals surface area contributed by atoms with Crippen molar-refractivity contribution in [3.63, 3.8) is 0 Å². The Bertz CT molecular complexity index is 941. The number of hydrogen-bond acceptors (Lipinski definition) is 3. The molecule has 0 saturated heterocycles. The fourth-order valence-electron chi connectivity index (χ4n) is 2.77. The van der Waals surface area contributed by atoms with Crippen molar-refractivity contribution in [1.29, 1.82) is 0 Å². The Morgan fingerprint density at radius 3 is 2.62 bits per heavy atom. The van der Waals surface area contributed by atoms with Gasteiger partial charge < -0.3 is 15.0 Å². The zero-order valence-electron chi connectivity index (χ0n) is 13.8. The highest BCUT2D eigenvalue weighted by Gasteiger charge is 2.16. The maximum atomic E-state index is 12.7. The van der Waals surface area contributed by atoms with E-state index in [0.717, 1.165) is 22.2 Å². The Balaban J connectivity index is 1.93. The molecule has 3 aromatic rings. The number of aryl methyl sites for hydroxylation is 2. The van der Waals surface area contributed by atoms with E-state index in [-0.39, 0.29) is 5.91 Å². The van der Waals surface area contributed by atoms with Crippen LogP contribution >= 0.6 is 0 Å². The van der Waals surface area contributed by atoms with Crippen LogP contribution in [0.5, 0.6) is 0 Å². The molecular weight excluding hydrogens is 304 g/mol. The first kappa shape index (κ1) is 15.8. The van der Waals surface area contributed by atoms with Gasteiger partial charge in [0.2, 0.25) is 0 Å². The van der Waals surface area contributed by atoms with Gasteiger partial charge in [0, 0.05) is 22.3 Å². The van der Waals surface area contributed by atoms with E-state index in [0.29, 0.717) is 16.8 Å². The van der Waals surface area contributed by atoms with Crippen molar-refractivity contribution >= 4 is 28.5 Å². The standard InChI is InChI=1S/C19H18N2O3/c1-11-7-8-15-16(9-11)20-12(2)17(15)18(22)21-14-6-4-5-13(10-14)19(23)24-3/h4-10,20H,1-3H3,(H,21,22). The van der Waals surface area contributed by atoms with Crippen LogP contribution < -0.4 is 5.32 Å². The summed E-state index contributed by atoms with van der Waals surface area (Å²) in [4.78, 5) is 27.5. The van der Waals surface area contributed by atoms with Crippen molar-refractivity contribution in [1.82, 2.24) is 4.98 Å². The van der Waals surface area contributed by atoms with Gasteiger partial charge in [0.15, 0.2) is 0 Å². The monoisotopic (exact) mass is 322 g/mol. The van der Waals surface area contributed by atoms with Crippen LogP contribution in [0.25, 0.3) is 10.9 Å². The quantitative estimate of drug-likeness (QED) is 0.720. The Labute approximate surface area is 139 Å². The van der Waals surface area contributed by atoms with Crippen LogP contribution in [0.2, 0.25) is 0 Å². The number of benzene rings is 2. The van der Waals surface area contributed by atoms with Gasteiger partial charge in [-0.05, 0) is 43.7 Å². The molecule has 24 heavy (non-hydrogen) atoms. The first-order chi connectivity index (χ1) is 11.5. The Morgan fingerprint density at radius 1 is 1.08 bits per heavy atom. The SMILES string of the molecule is COC(=O)c1cccc(NC(=O)c2c(C)[nH]c3cc(C)ccc23)c1. The van der Waals surface area contributed by atoms with Crippen LogP contribution in [-0.4, -0.2) is 24.0 Å². The fraction of sp³-hybridized carbons (Fsp3) is 0.158. The van der Waals surface area contributed by atoms with Crippen LogP contribution in [0.3, 0.4) is 0 Å². The van der Waals surface area contributed by atoms with Crippen LogP contribution in [-0.2, 0) is 4.74 Å². The van der Waals surface area contributed by atoms with Crippen LogP contribution in [0.15, 0.2) is 42.5 Å². The number of hydrogen-bond donors (Lipinski definition) is 2. The summed E-state index contributed by atoms with van der Waals surface area (Å²) in [5.74, 6) is -0.658. The highest BCUT2D eigenvalue weighted by atomic mass is 16.5. The number of fused-ring (bicyclic) bond motifs is 1. The molecular formula is C19H18N2O3. The average Bonchev–Trinajstić information content (AvgIpc) is 2.89. The molecule has 3 rings (SSSR count). The number of aromatic nitrogens is 1. The lowest BCUT2D eigenvalue weighted by Gasteiger charge is -2.07. The predicted molar refractivity (Wildman–Crippen MR) is 93.5 cm³/mol. The van der Waals surface area contributed by atoms with E-state index >= 15 is 0 Å². The highest BCUT2D eigenvalue weighted by Crippen LogP contribution is 2.24. The van der Waals surface area contributed by atoms with Gasteiger partial charge in [-0.2, -0.15) is 0 Å². The number of H-pyrrole nitrogens is 1. The molecule has 0 bridgehead atoms. The molecule has 0 fully saturated rings. The summed E-state index contributed by atoms with van der Waals surface area (Å²) >= 11 is 0. The summed E-state index contributed by atoms with van der Waals surface area (Å²) in [6.07, 6.45) is 0. The van der Waals surface area contributed by atoms with Crippen molar-refractivity contribution in [3.05, 3.63) is 64.8 Å². The minimum absolute atomic E-state index is 0.218. The summed E-state index contributed by atoms with van der Waals surface area (Å²) in [6, 6.07) is 12.6. The summed E-state index contributed by atoms with van der Waals surface area (Å²) in [5, 5.41) is 3.72. The summed E-state index contributed by atoms with van der Waals surface area (Å²) in [7, 11) is 1.32. The first-order valence-electron chi connectivity index (χ1n) is 7.58. The number of rotatable bonds is 3. The summed E-state index contributed by atoms with van der Waals surface area (Å²) < 4.78 is 4.70. The lowest BCUT2D eigenvalue weighted by Crippen LogP contribution is -2.13. The topological polar surface area (TPSA) is 71.2 Å². The zero-order chi connectivity index (χ0) is 17.3. The number of esters is 1. The maximum Gasteiger partial charge on any atom is 0.337 e. The zero-order valence-corrected chi connectivity index (χ0v) is 13.8. The average molecular weight is 322 g/mol. The van der Waals surface area contributed by atoms with Crippen LogP contribution in [0, 0.1) is 13.8 Å². The van der Waals surface area contributed by atoms with Gasteiger partial charge in [0.05, 0.1) is 18.2 Å². The van der Waals surface area contributed by atoms with E-state index in [1.807, 2.05) is 32.0 Å². The van der Waals surface area contributed by atoms with E-state index in [2.05, 4.69) is 10.3 Å². The molecule has 5 heteroatoms. The van der Waals surface area contributed by atoms with Crippen LogP contribution in [0.1, 0.15) is 32.0 Å².